The van der Waals surface area contributed by atoms with E-state index in [0.29, 0.717) is 5.82 Å². The summed E-state index contributed by atoms with van der Waals surface area (Å²) in [5, 5.41) is 7.57. The molecule has 2 aromatic heterocycles. The summed E-state index contributed by atoms with van der Waals surface area (Å²) in [4.78, 5) is 3.50. The van der Waals surface area contributed by atoms with Crippen LogP contribution < -0.4 is 0 Å². The van der Waals surface area contributed by atoms with E-state index in [1.54, 1.807) is 0 Å². The highest BCUT2D eigenvalue weighted by atomic mass is 32.2. The average Bonchev–Trinajstić information content (AvgIpc) is 3.23. The quantitative estimate of drug-likeness (QED) is 0.651. The molecule has 1 aliphatic rings. The molecule has 0 saturated carbocycles. The van der Waals surface area contributed by atoms with Crippen molar-refractivity contribution in [3.05, 3.63) is 52.5 Å². The Balaban J connectivity index is 1.53. The minimum absolute atomic E-state index is 0.0141. The smallest absolute Gasteiger partial charge is 0.339 e. The largest absolute Gasteiger partial charge is 0.417 e. The number of halogens is 3. The lowest BCUT2D eigenvalue weighted by molar-refractivity contribution is -0.139. The predicted molar refractivity (Wildman–Crippen MR) is 90.6 cm³/mol. The van der Waals surface area contributed by atoms with Crippen molar-refractivity contribution in [2.45, 2.75) is 17.0 Å². The Morgan fingerprint density at radius 3 is 2.59 bits per heavy atom. The van der Waals surface area contributed by atoms with Gasteiger partial charge in [-0.3, -0.25) is 0 Å². The SMILES string of the molecule is O=S(=O)(c1ccccc1C(F)(F)F)N1CC(c2nc(-c3ccsc3)no2)C1. The summed E-state index contributed by atoms with van der Waals surface area (Å²) in [5.41, 5.74) is -0.385. The van der Waals surface area contributed by atoms with Crippen molar-refractivity contribution in [3.63, 3.8) is 0 Å². The molecule has 3 heterocycles. The van der Waals surface area contributed by atoms with E-state index >= 15 is 0 Å². The summed E-state index contributed by atoms with van der Waals surface area (Å²) in [6.07, 6.45) is -4.75. The van der Waals surface area contributed by atoms with Crippen molar-refractivity contribution in [1.29, 1.82) is 0 Å². The number of sulfonamides is 1. The number of hydrogen-bond donors (Lipinski definition) is 0. The van der Waals surface area contributed by atoms with Gasteiger partial charge in [-0.15, -0.1) is 0 Å². The third-order valence-corrected chi connectivity index (χ3v) is 6.80. The molecule has 1 aliphatic heterocycles. The van der Waals surface area contributed by atoms with Crippen molar-refractivity contribution in [2.75, 3.05) is 13.1 Å². The zero-order valence-corrected chi connectivity index (χ0v) is 15.2. The van der Waals surface area contributed by atoms with Gasteiger partial charge in [0.2, 0.25) is 21.7 Å². The minimum atomic E-state index is -4.75. The van der Waals surface area contributed by atoms with Crippen LogP contribution in [0.5, 0.6) is 0 Å². The fourth-order valence-corrected chi connectivity index (χ4v) is 5.14. The molecule has 0 spiro atoms. The molecule has 1 saturated heterocycles. The van der Waals surface area contributed by atoms with E-state index in [9.17, 15) is 21.6 Å². The Labute approximate surface area is 156 Å². The summed E-state index contributed by atoms with van der Waals surface area (Å²) in [6, 6.07) is 5.97. The van der Waals surface area contributed by atoms with Gasteiger partial charge >= 0.3 is 6.18 Å². The van der Waals surface area contributed by atoms with E-state index in [4.69, 9.17) is 4.52 Å². The molecular weight excluding hydrogens is 403 g/mol. The fourth-order valence-electron chi connectivity index (χ4n) is 2.77. The van der Waals surface area contributed by atoms with E-state index in [2.05, 4.69) is 10.1 Å². The van der Waals surface area contributed by atoms with Crippen LogP contribution in [0.15, 0.2) is 50.5 Å². The number of thiophene rings is 1. The Kier molecular flexibility index (Phi) is 4.32. The van der Waals surface area contributed by atoms with Crippen LogP contribution in [0.4, 0.5) is 13.2 Å². The molecule has 11 heteroatoms. The normalized spacial score (nSPS) is 16.4. The molecule has 0 bridgehead atoms. The first-order valence-electron chi connectivity index (χ1n) is 7.79. The van der Waals surface area contributed by atoms with Gasteiger partial charge in [0.1, 0.15) is 0 Å². The maximum absolute atomic E-state index is 13.1. The second kappa shape index (κ2) is 6.43. The molecule has 142 valence electrons. The van der Waals surface area contributed by atoms with Crippen molar-refractivity contribution in [3.8, 4) is 11.4 Å². The number of benzene rings is 1. The molecule has 0 unspecified atom stereocenters. The summed E-state index contributed by atoms with van der Waals surface area (Å²) in [7, 11) is -4.27. The third-order valence-electron chi connectivity index (χ3n) is 4.23. The summed E-state index contributed by atoms with van der Waals surface area (Å²) in [6.45, 7) is -0.0282. The summed E-state index contributed by atoms with van der Waals surface area (Å²) < 4.78 is 70.8. The van der Waals surface area contributed by atoms with Crippen LogP contribution in [0.3, 0.4) is 0 Å². The van der Waals surface area contributed by atoms with E-state index < -0.39 is 26.7 Å². The molecule has 0 atom stereocenters. The number of nitrogens with zero attached hydrogens (tertiary/aromatic N) is 3. The first kappa shape index (κ1) is 18.1. The highest BCUT2D eigenvalue weighted by Gasteiger charge is 2.44. The van der Waals surface area contributed by atoms with Crippen LogP contribution >= 0.6 is 11.3 Å². The molecule has 1 fully saturated rings. The molecule has 4 rings (SSSR count). The van der Waals surface area contributed by atoms with Gasteiger partial charge in [0, 0.05) is 24.0 Å². The molecule has 27 heavy (non-hydrogen) atoms. The standard InChI is InChI=1S/C16H12F3N3O3S2/c17-16(18,19)12-3-1-2-4-13(12)27(23,24)22-7-11(8-22)15-20-14(21-25-15)10-5-6-26-9-10/h1-6,9,11H,7-8H2. The number of aromatic nitrogens is 2. The van der Waals surface area contributed by atoms with Crippen LogP contribution in [0.25, 0.3) is 11.4 Å². The van der Waals surface area contributed by atoms with Crippen LogP contribution in [0.1, 0.15) is 17.4 Å². The van der Waals surface area contributed by atoms with Crippen LogP contribution in [-0.2, 0) is 16.2 Å². The van der Waals surface area contributed by atoms with Crippen molar-refractivity contribution >= 4 is 21.4 Å². The number of hydrogen-bond acceptors (Lipinski definition) is 6. The Morgan fingerprint density at radius 1 is 1.19 bits per heavy atom. The first-order valence-corrected chi connectivity index (χ1v) is 10.2. The number of alkyl halides is 3. The van der Waals surface area contributed by atoms with Crippen LogP contribution in [-0.4, -0.2) is 36.0 Å². The zero-order valence-electron chi connectivity index (χ0n) is 13.5. The monoisotopic (exact) mass is 415 g/mol. The third kappa shape index (κ3) is 3.26. The topological polar surface area (TPSA) is 76.3 Å². The van der Waals surface area contributed by atoms with Gasteiger partial charge in [-0.25, -0.2) is 8.42 Å². The molecule has 0 N–H and O–H groups in total. The minimum Gasteiger partial charge on any atom is -0.339 e. The Hall–Kier alpha value is -2.24. The van der Waals surface area contributed by atoms with Crippen molar-refractivity contribution in [2.24, 2.45) is 0 Å². The van der Waals surface area contributed by atoms with E-state index in [1.807, 2.05) is 16.8 Å². The zero-order chi connectivity index (χ0) is 19.2. The molecule has 3 aromatic rings. The predicted octanol–water partition coefficient (Wildman–Crippen LogP) is 3.61. The van der Waals surface area contributed by atoms with Crippen LogP contribution in [0.2, 0.25) is 0 Å². The van der Waals surface area contributed by atoms with Gasteiger partial charge in [-0.05, 0) is 23.6 Å². The second-order valence-electron chi connectivity index (χ2n) is 5.98. The van der Waals surface area contributed by atoms with Gasteiger partial charge < -0.3 is 4.52 Å². The van der Waals surface area contributed by atoms with Gasteiger partial charge in [-0.1, -0.05) is 17.3 Å². The summed E-state index contributed by atoms with van der Waals surface area (Å²) >= 11 is 1.48. The van der Waals surface area contributed by atoms with E-state index in [-0.39, 0.29) is 24.9 Å². The van der Waals surface area contributed by atoms with E-state index in [1.165, 1.54) is 17.4 Å². The van der Waals surface area contributed by atoms with Crippen LogP contribution in [0, 0.1) is 0 Å². The number of rotatable bonds is 4. The maximum Gasteiger partial charge on any atom is 0.417 e. The highest BCUT2D eigenvalue weighted by Crippen LogP contribution is 2.38. The molecular formula is C16H12F3N3O3S2. The Morgan fingerprint density at radius 2 is 1.93 bits per heavy atom. The fraction of sp³-hybridized carbons (Fsp3) is 0.250. The lowest BCUT2D eigenvalue weighted by Gasteiger charge is -2.36. The first-order chi connectivity index (χ1) is 12.8. The van der Waals surface area contributed by atoms with Gasteiger partial charge in [-0.2, -0.15) is 33.8 Å². The van der Waals surface area contributed by atoms with Crippen molar-refractivity contribution in [1.82, 2.24) is 14.4 Å². The van der Waals surface area contributed by atoms with Gasteiger partial charge in [0.05, 0.1) is 16.4 Å². The maximum atomic E-state index is 13.1. The average molecular weight is 415 g/mol. The molecule has 0 aliphatic carbocycles. The molecule has 1 aromatic carbocycles. The van der Waals surface area contributed by atoms with Crippen molar-refractivity contribution < 1.29 is 26.1 Å². The molecule has 6 nitrogen and oxygen atoms in total. The van der Waals surface area contributed by atoms with Gasteiger partial charge in [0.15, 0.2) is 0 Å². The van der Waals surface area contributed by atoms with Gasteiger partial charge in [0.25, 0.3) is 0 Å². The highest BCUT2D eigenvalue weighted by molar-refractivity contribution is 7.89. The lowest BCUT2D eigenvalue weighted by Crippen LogP contribution is -2.48. The van der Waals surface area contributed by atoms with E-state index in [0.717, 1.165) is 28.1 Å². The second-order valence-corrected chi connectivity index (χ2v) is 8.67. The lowest BCUT2D eigenvalue weighted by atomic mass is 10.0. The molecule has 0 radical (unpaired) electrons. The molecule has 0 amide bonds. The Bertz CT molecular complexity index is 1060. The summed E-state index contributed by atoms with van der Waals surface area (Å²) in [5.74, 6) is 0.319.